The first-order valence-corrected chi connectivity index (χ1v) is 9.50. The predicted octanol–water partition coefficient (Wildman–Crippen LogP) is 2.54. The molecule has 2 heterocycles. The predicted molar refractivity (Wildman–Crippen MR) is 101 cm³/mol. The molecule has 8 heteroatoms. The lowest BCUT2D eigenvalue weighted by atomic mass is 9.78. The van der Waals surface area contributed by atoms with Crippen molar-refractivity contribution >= 4 is 12.0 Å². The molecule has 28 heavy (non-hydrogen) atoms. The van der Waals surface area contributed by atoms with E-state index in [2.05, 4.69) is 25.6 Å². The van der Waals surface area contributed by atoms with Crippen molar-refractivity contribution in [2.45, 2.75) is 56.5 Å². The monoisotopic (exact) mass is 381 g/mol. The largest absolute Gasteiger partial charge is 0.414 e. The molecular formula is C20H23N5O3. The molecular weight excluding hydrogens is 358 g/mol. The van der Waals surface area contributed by atoms with E-state index in [-0.39, 0.29) is 22.9 Å². The highest BCUT2D eigenvalue weighted by atomic mass is 16.6. The molecule has 2 unspecified atom stereocenters. The number of nitrogens with zero attached hydrogens (tertiary/aromatic N) is 3. The highest BCUT2D eigenvalue weighted by Gasteiger charge is 2.52. The van der Waals surface area contributed by atoms with Crippen LogP contribution in [0.5, 0.6) is 5.88 Å². The zero-order valence-corrected chi connectivity index (χ0v) is 15.8. The van der Waals surface area contributed by atoms with Gasteiger partial charge in [-0.3, -0.25) is 14.8 Å². The van der Waals surface area contributed by atoms with E-state index in [0.717, 1.165) is 32.1 Å². The zero-order valence-electron chi connectivity index (χ0n) is 15.8. The minimum absolute atomic E-state index is 0.170. The fourth-order valence-electron chi connectivity index (χ4n) is 4.46. The molecule has 2 amide bonds. The van der Waals surface area contributed by atoms with Crippen molar-refractivity contribution in [3.8, 4) is 5.88 Å². The average molecular weight is 381 g/mol. The lowest BCUT2D eigenvalue weighted by Crippen LogP contribution is -2.55. The van der Waals surface area contributed by atoms with Gasteiger partial charge in [0.15, 0.2) is 0 Å². The number of nitrogens with one attached hydrogen (secondary N) is 2. The first kappa shape index (κ1) is 18.3. The maximum Gasteiger partial charge on any atom is 0.414 e. The quantitative estimate of drug-likeness (QED) is 0.843. The fraction of sp³-hybridized carbons (Fsp3) is 0.450. The molecule has 2 saturated carbocycles. The molecule has 0 saturated heterocycles. The first-order chi connectivity index (χ1) is 13.5. The third-order valence-electron chi connectivity index (χ3n) is 5.64. The average Bonchev–Trinajstić information content (AvgIpc) is 2.92. The lowest BCUT2D eigenvalue weighted by Gasteiger charge is -2.40. The molecule has 2 fully saturated rings. The zero-order chi connectivity index (χ0) is 19.6. The third kappa shape index (κ3) is 3.81. The molecule has 2 aromatic heterocycles. The molecule has 4 rings (SSSR count). The maximum atomic E-state index is 12.6. The van der Waals surface area contributed by atoms with Gasteiger partial charge in [0.2, 0.25) is 5.88 Å². The molecule has 2 N–H and O–H groups in total. The summed E-state index contributed by atoms with van der Waals surface area (Å²) in [5, 5.41) is 6.21. The number of aromatic nitrogens is 3. The number of hydrogen-bond acceptors (Lipinski definition) is 6. The van der Waals surface area contributed by atoms with E-state index >= 15 is 0 Å². The number of carbonyl (C=O) groups is 2. The molecule has 0 aromatic carbocycles. The summed E-state index contributed by atoms with van der Waals surface area (Å²) in [6.45, 7) is 1.78. The molecule has 0 spiro atoms. The SMILES string of the molecule is Cc1cncc(OC(=O)NC23CCCC(NC(=O)c4ccccn4)(CC2)C3)n1. The summed E-state index contributed by atoms with van der Waals surface area (Å²) in [7, 11) is 0. The van der Waals surface area contributed by atoms with Crippen LogP contribution in [0.2, 0.25) is 0 Å². The Hall–Kier alpha value is -3.03. The summed E-state index contributed by atoms with van der Waals surface area (Å²) in [6.07, 6.45) is 9.07. The van der Waals surface area contributed by atoms with Crippen molar-refractivity contribution in [3.63, 3.8) is 0 Å². The Kier molecular flexibility index (Phi) is 4.70. The van der Waals surface area contributed by atoms with E-state index in [0.29, 0.717) is 17.8 Å². The van der Waals surface area contributed by atoms with E-state index in [1.165, 1.54) is 6.20 Å². The van der Waals surface area contributed by atoms with Crippen molar-refractivity contribution in [2.75, 3.05) is 0 Å². The Bertz CT molecular complexity index is 890. The van der Waals surface area contributed by atoms with Crippen LogP contribution in [0.3, 0.4) is 0 Å². The van der Waals surface area contributed by atoms with Gasteiger partial charge in [-0.25, -0.2) is 9.78 Å². The standard InChI is InChI=1S/C20H23N5O3/c1-14-11-21-12-16(23-14)28-18(27)25-20-7-4-6-19(13-20,8-9-20)24-17(26)15-5-2-3-10-22-15/h2-3,5,10-12H,4,6-9,13H2,1H3,(H,24,26)(H,25,27). The van der Waals surface area contributed by atoms with Gasteiger partial charge in [-0.1, -0.05) is 6.07 Å². The van der Waals surface area contributed by atoms with Crippen molar-refractivity contribution in [2.24, 2.45) is 0 Å². The molecule has 8 nitrogen and oxygen atoms in total. The second-order valence-electron chi connectivity index (χ2n) is 7.77. The van der Waals surface area contributed by atoms with Crippen molar-refractivity contribution in [1.29, 1.82) is 0 Å². The molecule has 146 valence electrons. The first-order valence-electron chi connectivity index (χ1n) is 9.50. The van der Waals surface area contributed by atoms with Gasteiger partial charge in [0, 0.05) is 23.5 Å². The van der Waals surface area contributed by atoms with Gasteiger partial charge in [-0.15, -0.1) is 0 Å². The highest BCUT2D eigenvalue weighted by Crippen LogP contribution is 2.48. The van der Waals surface area contributed by atoms with Crippen LogP contribution in [0.15, 0.2) is 36.8 Å². The molecule has 0 radical (unpaired) electrons. The van der Waals surface area contributed by atoms with Gasteiger partial charge >= 0.3 is 6.09 Å². The highest BCUT2D eigenvalue weighted by molar-refractivity contribution is 5.92. The van der Waals surface area contributed by atoms with E-state index < -0.39 is 6.09 Å². The minimum atomic E-state index is -0.534. The van der Waals surface area contributed by atoms with Gasteiger partial charge in [-0.05, 0) is 57.6 Å². The number of hydrogen-bond donors (Lipinski definition) is 2. The number of pyridine rings is 1. The van der Waals surface area contributed by atoms with Gasteiger partial charge < -0.3 is 15.4 Å². The number of aryl methyl sites for hydroxylation is 1. The Labute approximate surface area is 163 Å². The summed E-state index contributed by atoms with van der Waals surface area (Å²) in [5.74, 6) is 0.00772. The lowest BCUT2D eigenvalue weighted by molar-refractivity contribution is 0.0864. The Balaban J connectivity index is 1.42. The number of rotatable bonds is 4. The number of carbonyl (C=O) groups excluding carboxylic acids is 2. The second kappa shape index (κ2) is 7.18. The van der Waals surface area contributed by atoms with Gasteiger partial charge in [-0.2, -0.15) is 0 Å². The number of fused-ring (bicyclic) bond motifs is 2. The molecule has 2 aliphatic carbocycles. The summed E-state index contributed by atoms with van der Waals surface area (Å²) in [4.78, 5) is 37.3. The Morgan fingerprint density at radius 3 is 2.57 bits per heavy atom. The smallest absolute Gasteiger partial charge is 0.390 e. The van der Waals surface area contributed by atoms with E-state index in [1.54, 1.807) is 37.5 Å². The molecule has 2 aliphatic rings. The second-order valence-corrected chi connectivity index (χ2v) is 7.77. The van der Waals surface area contributed by atoms with Gasteiger partial charge in [0.1, 0.15) is 5.69 Å². The minimum Gasteiger partial charge on any atom is -0.390 e. The summed E-state index contributed by atoms with van der Waals surface area (Å²) in [5.41, 5.74) is 0.399. The maximum absolute atomic E-state index is 12.6. The van der Waals surface area contributed by atoms with E-state index in [1.807, 2.05) is 0 Å². The van der Waals surface area contributed by atoms with Gasteiger partial charge in [0.25, 0.3) is 5.91 Å². The van der Waals surface area contributed by atoms with Crippen molar-refractivity contribution in [3.05, 3.63) is 48.2 Å². The fourth-order valence-corrected chi connectivity index (χ4v) is 4.46. The third-order valence-corrected chi connectivity index (χ3v) is 5.64. The molecule has 2 atom stereocenters. The van der Waals surface area contributed by atoms with Crippen LogP contribution in [0, 0.1) is 6.92 Å². The van der Waals surface area contributed by atoms with Crippen LogP contribution in [0.25, 0.3) is 0 Å². The molecule has 2 aromatic rings. The van der Waals surface area contributed by atoms with E-state index in [4.69, 9.17) is 4.74 Å². The van der Waals surface area contributed by atoms with Crippen molar-refractivity contribution < 1.29 is 14.3 Å². The topological polar surface area (TPSA) is 106 Å². The summed E-state index contributed by atoms with van der Waals surface area (Å²) < 4.78 is 5.31. The Morgan fingerprint density at radius 2 is 1.86 bits per heavy atom. The Morgan fingerprint density at radius 1 is 1.07 bits per heavy atom. The van der Waals surface area contributed by atoms with Crippen LogP contribution in [0.4, 0.5) is 4.79 Å². The number of amides is 2. The summed E-state index contributed by atoms with van der Waals surface area (Å²) in [6, 6.07) is 5.28. The van der Waals surface area contributed by atoms with Crippen LogP contribution in [-0.2, 0) is 0 Å². The van der Waals surface area contributed by atoms with Crippen LogP contribution >= 0.6 is 0 Å². The molecule has 2 bridgehead atoms. The molecule has 0 aliphatic heterocycles. The van der Waals surface area contributed by atoms with Crippen molar-refractivity contribution in [1.82, 2.24) is 25.6 Å². The van der Waals surface area contributed by atoms with E-state index in [9.17, 15) is 9.59 Å². The normalized spacial score (nSPS) is 25.8. The van der Waals surface area contributed by atoms with Gasteiger partial charge in [0.05, 0.1) is 11.9 Å². The van der Waals surface area contributed by atoms with Crippen LogP contribution in [0.1, 0.15) is 54.7 Å². The summed E-state index contributed by atoms with van der Waals surface area (Å²) >= 11 is 0. The number of ether oxygens (including phenoxy) is 1. The van der Waals surface area contributed by atoms with Crippen LogP contribution < -0.4 is 15.4 Å². The van der Waals surface area contributed by atoms with Crippen LogP contribution in [-0.4, -0.2) is 38.0 Å².